The summed E-state index contributed by atoms with van der Waals surface area (Å²) >= 11 is 0. The number of imide groups is 1. The lowest BCUT2D eigenvalue weighted by molar-refractivity contribution is -0.922. The standard InChI is InChI=1S/C22H28N4O2/c1-3-23-22(28)24-21(27)20(18-10-5-4-6-11-18)26-15-13-25(14-16-26)19-12-8-7-9-17(19)2/h4-12,20H,3,13-16H2,1-2H3,(H2,23,24,27,28)/p+1/t20-/m1/s1. The molecule has 0 unspecified atom stereocenters. The molecule has 1 saturated heterocycles. The van der Waals surface area contributed by atoms with E-state index < -0.39 is 12.1 Å². The second-order valence-electron chi connectivity index (χ2n) is 7.12. The average molecular weight is 382 g/mol. The number of carbonyl (C=O) groups is 2. The first-order chi connectivity index (χ1) is 13.6. The van der Waals surface area contributed by atoms with Crippen LogP contribution in [0.25, 0.3) is 0 Å². The molecular weight excluding hydrogens is 352 g/mol. The van der Waals surface area contributed by atoms with Gasteiger partial charge in [0.15, 0.2) is 6.04 Å². The van der Waals surface area contributed by atoms with Crippen LogP contribution >= 0.6 is 0 Å². The van der Waals surface area contributed by atoms with Crippen molar-refractivity contribution < 1.29 is 14.5 Å². The minimum Gasteiger partial charge on any atom is -0.360 e. The molecule has 6 heteroatoms. The molecule has 0 saturated carbocycles. The van der Waals surface area contributed by atoms with Gasteiger partial charge >= 0.3 is 6.03 Å². The van der Waals surface area contributed by atoms with E-state index in [0.717, 1.165) is 31.7 Å². The number of benzene rings is 2. The lowest BCUT2D eigenvalue weighted by atomic mass is 10.0. The van der Waals surface area contributed by atoms with Crippen molar-refractivity contribution >= 4 is 17.6 Å². The number of quaternary nitrogens is 1. The normalized spacial score (nSPS) is 15.7. The van der Waals surface area contributed by atoms with Crippen molar-refractivity contribution in [1.82, 2.24) is 10.6 Å². The average Bonchev–Trinajstić information content (AvgIpc) is 2.70. The minimum absolute atomic E-state index is 0.253. The predicted octanol–water partition coefficient (Wildman–Crippen LogP) is 1.29. The Hall–Kier alpha value is -2.86. The van der Waals surface area contributed by atoms with Gasteiger partial charge in [-0.1, -0.05) is 48.5 Å². The van der Waals surface area contributed by atoms with Crippen LogP contribution < -0.4 is 20.4 Å². The predicted molar refractivity (Wildman–Crippen MR) is 110 cm³/mol. The third-order valence-electron chi connectivity index (χ3n) is 5.24. The molecule has 1 heterocycles. The van der Waals surface area contributed by atoms with Crippen LogP contribution in [0.4, 0.5) is 10.5 Å². The van der Waals surface area contributed by atoms with Crippen molar-refractivity contribution in [2.24, 2.45) is 0 Å². The molecule has 0 radical (unpaired) electrons. The summed E-state index contributed by atoms with van der Waals surface area (Å²) in [5, 5.41) is 5.14. The van der Waals surface area contributed by atoms with Gasteiger partial charge in [0.1, 0.15) is 0 Å². The van der Waals surface area contributed by atoms with Gasteiger partial charge in [0, 0.05) is 17.8 Å². The molecule has 1 aliphatic rings. The topological polar surface area (TPSA) is 65.9 Å². The Morgan fingerprint density at radius 3 is 2.32 bits per heavy atom. The van der Waals surface area contributed by atoms with Crippen LogP contribution in [0, 0.1) is 6.92 Å². The molecule has 2 aromatic rings. The third-order valence-corrected chi connectivity index (χ3v) is 5.24. The molecular formula is C22H29N4O2+. The van der Waals surface area contributed by atoms with Crippen LogP contribution in [0.1, 0.15) is 24.1 Å². The van der Waals surface area contributed by atoms with Crippen LogP contribution in [0.15, 0.2) is 54.6 Å². The van der Waals surface area contributed by atoms with E-state index >= 15 is 0 Å². The van der Waals surface area contributed by atoms with Gasteiger partial charge in [-0.2, -0.15) is 0 Å². The second kappa shape index (κ2) is 9.37. The molecule has 28 heavy (non-hydrogen) atoms. The Bertz CT molecular complexity index is 801. The molecule has 0 aromatic heterocycles. The van der Waals surface area contributed by atoms with Gasteiger partial charge in [-0.05, 0) is 25.5 Å². The number of nitrogens with zero attached hydrogens (tertiary/aromatic N) is 1. The molecule has 1 aliphatic heterocycles. The van der Waals surface area contributed by atoms with E-state index in [4.69, 9.17) is 0 Å². The molecule has 2 aromatic carbocycles. The minimum atomic E-state index is -0.439. The van der Waals surface area contributed by atoms with Gasteiger partial charge < -0.3 is 15.1 Å². The molecule has 6 nitrogen and oxygen atoms in total. The zero-order chi connectivity index (χ0) is 19.9. The molecule has 3 rings (SSSR count). The highest BCUT2D eigenvalue weighted by Crippen LogP contribution is 2.19. The highest BCUT2D eigenvalue weighted by Gasteiger charge is 2.35. The monoisotopic (exact) mass is 381 g/mol. The summed E-state index contributed by atoms with van der Waals surface area (Å²) < 4.78 is 0. The molecule has 1 atom stereocenters. The third kappa shape index (κ3) is 4.70. The number of para-hydroxylation sites is 1. The van der Waals surface area contributed by atoms with Gasteiger partial charge in [-0.25, -0.2) is 4.79 Å². The number of piperazine rings is 1. The number of hydrogen-bond donors (Lipinski definition) is 3. The van der Waals surface area contributed by atoms with E-state index in [9.17, 15) is 9.59 Å². The Labute approximate surface area is 166 Å². The number of rotatable bonds is 5. The fraction of sp³-hybridized carbons (Fsp3) is 0.364. The Kier molecular flexibility index (Phi) is 6.66. The largest absolute Gasteiger partial charge is 0.360 e. The number of hydrogen-bond acceptors (Lipinski definition) is 3. The number of aryl methyl sites for hydroxylation is 1. The maximum atomic E-state index is 12.9. The fourth-order valence-electron chi connectivity index (χ4n) is 3.85. The van der Waals surface area contributed by atoms with Crippen molar-refractivity contribution in [3.8, 4) is 0 Å². The summed E-state index contributed by atoms with van der Waals surface area (Å²) in [7, 11) is 0. The first kappa shape index (κ1) is 19.9. The van der Waals surface area contributed by atoms with E-state index in [1.165, 1.54) is 16.2 Å². The zero-order valence-corrected chi connectivity index (χ0v) is 16.6. The van der Waals surface area contributed by atoms with Crippen LogP contribution in [-0.4, -0.2) is 44.7 Å². The first-order valence-corrected chi connectivity index (χ1v) is 9.89. The number of nitrogens with one attached hydrogen (secondary N) is 3. The van der Waals surface area contributed by atoms with Crippen molar-refractivity contribution in [1.29, 1.82) is 0 Å². The molecule has 0 aliphatic carbocycles. The summed E-state index contributed by atoms with van der Waals surface area (Å²) in [6.07, 6.45) is 0. The second-order valence-corrected chi connectivity index (χ2v) is 7.12. The lowest BCUT2D eigenvalue weighted by Crippen LogP contribution is -3.16. The Balaban J connectivity index is 1.74. The fourth-order valence-corrected chi connectivity index (χ4v) is 3.85. The van der Waals surface area contributed by atoms with Crippen LogP contribution in [0.3, 0.4) is 0 Å². The van der Waals surface area contributed by atoms with Crippen LogP contribution in [0.2, 0.25) is 0 Å². The Morgan fingerprint density at radius 2 is 1.68 bits per heavy atom. The summed E-state index contributed by atoms with van der Waals surface area (Å²) in [6, 6.07) is 17.3. The lowest BCUT2D eigenvalue weighted by Gasteiger charge is -2.37. The number of anilines is 1. The van der Waals surface area contributed by atoms with E-state index in [1.54, 1.807) is 0 Å². The molecule has 0 bridgehead atoms. The first-order valence-electron chi connectivity index (χ1n) is 9.89. The smallest absolute Gasteiger partial charge is 0.321 e. The maximum absolute atomic E-state index is 12.9. The highest BCUT2D eigenvalue weighted by atomic mass is 16.2. The van der Waals surface area contributed by atoms with Gasteiger partial charge in [0.25, 0.3) is 5.91 Å². The van der Waals surface area contributed by atoms with Crippen molar-refractivity contribution in [3.63, 3.8) is 0 Å². The number of urea groups is 1. The SMILES string of the molecule is CCNC(=O)NC(=O)[C@@H](c1ccccc1)[NH+]1CCN(c2ccccc2C)CC1. The highest BCUT2D eigenvalue weighted by molar-refractivity contribution is 5.96. The summed E-state index contributed by atoms with van der Waals surface area (Å²) in [6.45, 7) is 7.84. The number of amides is 3. The van der Waals surface area contributed by atoms with Crippen molar-refractivity contribution in [3.05, 3.63) is 65.7 Å². The van der Waals surface area contributed by atoms with Gasteiger partial charge in [0.05, 0.1) is 26.2 Å². The van der Waals surface area contributed by atoms with Crippen LogP contribution in [-0.2, 0) is 4.79 Å². The quantitative estimate of drug-likeness (QED) is 0.731. The molecule has 148 valence electrons. The summed E-state index contributed by atoms with van der Waals surface area (Å²) in [5.74, 6) is -0.253. The number of carbonyl (C=O) groups excluding carboxylic acids is 2. The van der Waals surface area contributed by atoms with E-state index in [-0.39, 0.29) is 5.91 Å². The van der Waals surface area contributed by atoms with Gasteiger partial charge in [-0.3, -0.25) is 10.1 Å². The van der Waals surface area contributed by atoms with E-state index in [0.29, 0.717) is 6.54 Å². The summed E-state index contributed by atoms with van der Waals surface area (Å²) in [5.41, 5.74) is 3.45. The maximum Gasteiger partial charge on any atom is 0.321 e. The van der Waals surface area contributed by atoms with Gasteiger partial charge in [-0.15, -0.1) is 0 Å². The van der Waals surface area contributed by atoms with E-state index in [2.05, 4.69) is 46.7 Å². The van der Waals surface area contributed by atoms with Crippen molar-refractivity contribution in [2.45, 2.75) is 19.9 Å². The summed E-state index contributed by atoms with van der Waals surface area (Å²) in [4.78, 5) is 28.4. The molecule has 3 N–H and O–H groups in total. The molecule has 3 amide bonds. The van der Waals surface area contributed by atoms with Crippen LogP contribution in [0.5, 0.6) is 0 Å². The van der Waals surface area contributed by atoms with E-state index in [1.807, 2.05) is 37.3 Å². The molecule has 0 spiro atoms. The van der Waals surface area contributed by atoms with Gasteiger partial charge in [0.2, 0.25) is 0 Å². The molecule has 1 fully saturated rings. The zero-order valence-electron chi connectivity index (χ0n) is 16.6. The Morgan fingerprint density at radius 1 is 1.04 bits per heavy atom. The van der Waals surface area contributed by atoms with Crippen molar-refractivity contribution in [2.75, 3.05) is 37.6 Å².